The van der Waals surface area contributed by atoms with E-state index >= 15 is 0 Å². The molecule has 8 heteroatoms. The lowest BCUT2D eigenvalue weighted by atomic mass is 10.1. The van der Waals surface area contributed by atoms with Gasteiger partial charge in [-0.1, -0.05) is 23.2 Å². The summed E-state index contributed by atoms with van der Waals surface area (Å²) in [6, 6.07) is 6.54. The maximum atomic E-state index is 11.4. The molecule has 0 saturated carbocycles. The first-order valence-corrected chi connectivity index (χ1v) is 8.91. The average Bonchev–Trinajstić information content (AvgIpc) is 2.48. The Labute approximate surface area is 140 Å². The van der Waals surface area contributed by atoms with E-state index in [0.29, 0.717) is 45.9 Å². The Morgan fingerprint density at radius 1 is 1.14 bits per heavy atom. The van der Waals surface area contributed by atoms with E-state index in [0.717, 1.165) is 5.82 Å². The van der Waals surface area contributed by atoms with Crippen LogP contribution in [0.25, 0.3) is 11.3 Å². The minimum atomic E-state index is -0.730. The van der Waals surface area contributed by atoms with Crippen molar-refractivity contribution >= 4 is 39.8 Å². The van der Waals surface area contributed by atoms with E-state index in [-0.39, 0.29) is 5.75 Å². The van der Waals surface area contributed by atoms with Crippen molar-refractivity contribution in [1.82, 2.24) is 10.2 Å². The van der Waals surface area contributed by atoms with Crippen molar-refractivity contribution in [2.75, 3.05) is 29.5 Å². The summed E-state index contributed by atoms with van der Waals surface area (Å²) in [4.78, 5) is 2.04. The van der Waals surface area contributed by atoms with Gasteiger partial charge in [0.05, 0.1) is 16.3 Å². The molecule has 0 amide bonds. The van der Waals surface area contributed by atoms with Crippen LogP contribution in [0.15, 0.2) is 24.3 Å². The fourth-order valence-electron chi connectivity index (χ4n) is 2.31. The van der Waals surface area contributed by atoms with Gasteiger partial charge in [0.2, 0.25) is 0 Å². The molecule has 3 rings (SSSR count). The standard InChI is InChI=1S/C14H13Cl2N3O2S/c15-9-7-10(16)14(12(20)8-9)11-1-2-13(18-17-11)19-3-5-22(21)6-4-19/h1-2,7-8,20H,3-6H2. The van der Waals surface area contributed by atoms with Crippen molar-refractivity contribution in [3.63, 3.8) is 0 Å². The predicted molar refractivity (Wildman–Crippen MR) is 89.2 cm³/mol. The Hall–Kier alpha value is -1.37. The molecule has 1 fully saturated rings. The summed E-state index contributed by atoms with van der Waals surface area (Å²) in [5.74, 6) is 1.98. The van der Waals surface area contributed by atoms with Gasteiger partial charge in [-0.2, -0.15) is 0 Å². The zero-order valence-electron chi connectivity index (χ0n) is 11.5. The molecule has 0 unspecified atom stereocenters. The molecule has 0 atom stereocenters. The Morgan fingerprint density at radius 3 is 2.45 bits per heavy atom. The van der Waals surface area contributed by atoms with E-state index in [4.69, 9.17) is 23.2 Å². The lowest BCUT2D eigenvalue weighted by molar-refractivity contribution is 0.477. The highest BCUT2D eigenvalue weighted by molar-refractivity contribution is 7.85. The molecule has 0 aliphatic carbocycles. The topological polar surface area (TPSA) is 66.3 Å². The smallest absolute Gasteiger partial charge is 0.151 e. The molecule has 0 bridgehead atoms. The molecule has 1 aliphatic heterocycles. The summed E-state index contributed by atoms with van der Waals surface area (Å²) in [5.41, 5.74) is 0.883. The lowest BCUT2D eigenvalue weighted by Gasteiger charge is -2.26. The molecular weight excluding hydrogens is 345 g/mol. The number of hydrogen-bond donors (Lipinski definition) is 1. The van der Waals surface area contributed by atoms with Gasteiger partial charge >= 0.3 is 0 Å². The largest absolute Gasteiger partial charge is 0.507 e. The van der Waals surface area contributed by atoms with Gasteiger partial charge in [0.25, 0.3) is 0 Å². The Balaban J connectivity index is 1.87. The summed E-state index contributed by atoms with van der Waals surface area (Å²) >= 11 is 12.0. The SMILES string of the molecule is O=S1CCN(c2ccc(-c3c(O)cc(Cl)cc3Cl)nn2)CC1. The van der Waals surface area contributed by atoms with Gasteiger partial charge in [-0.15, -0.1) is 10.2 Å². The van der Waals surface area contributed by atoms with Gasteiger partial charge in [0.15, 0.2) is 5.82 Å². The lowest BCUT2D eigenvalue weighted by Crippen LogP contribution is -2.38. The van der Waals surface area contributed by atoms with Crippen molar-refractivity contribution < 1.29 is 9.32 Å². The number of nitrogens with zero attached hydrogens (tertiary/aromatic N) is 3. The van der Waals surface area contributed by atoms with E-state index < -0.39 is 10.8 Å². The summed E-state index contributed by atoms with van der Waals surface area (Å²) in [7, 11) is -0.730. The van der Waals surface area contributed by atoms with Crippen LogP contribution >= 0.6 is 23.2 Å². The summed E-state index contributed by atoms with van der Waals surface area (Å²) in [5, 5.41) is 19.0. The predicted octanol–water partition coefficient (Wildman–Crippen LogP) is 2.72. The van der Waals surface area contributed by atoms with Gasteiger partial charge in [0.1, 0.15) is 5.75 Å². The van der Waals surface area contributed by atoms with Gasteiger partial charge in [-0.25, -0.2) is 0 Å². The van der Waals surface area contributed by atoms with Crippen LogP contribution in [0.5, 0.6) is 5.75 Å². The van der Waals surface area contributed by atoms with Crippen molar-refractivity contribution in [1.29, 1.82) is 0 Å². The zero-order chi connectivity index (χ0) is 15.7. The third kappa shape index (κ3) is 3.19. The summed E-state index contributed by atoms with van der Waals surface area (Å²) < 4.78 is 11.4. The van der Waals surface area contributed by atoms with Gasteiger partial charge in [0, 0.05) is 40.4 Å². The van der Waals surface area contributed by atoms with E-state index in [1.54, 1.807) is 12.1 Å². The molecule has 1 aromatic heterocycles. The Bertz CT molecular complexity index is 692. The van der Waals surface area contributed by atoms with E-state index in [2.05, 4.69) is 10.2 Å². The molecule has 2 aromatic rings. The maximum absolute atomic E-state index is 11.4. The number of hydrogen-bond acceptors (Lipinski definition) is 5. The van der Waals surface area contributed by atoms with Gasteiger partial charge < -0.3 is 10.0 Å². The van der Waals surface area contributed by atoms with Crippen LogP contribution in [0.3, 0.4) is 0 Å². The highest BCUT2D eigenvalue weighted by atomic mass is 35.5. The van der Waals surface area contributed by atoms with Gasteiger partial charge in [-0.05, 0) is 24.3 Å². The fraction of sp³-hybridized carbons (Fsp3) is 0.286. The fourth-order valence-corrected chi connectivity index (χ4v) is 3.94. The highest BCUT2D eigenvalue weighted by Crippen LogP contribution is 2.37. The van der Waals surface area contributed by atoms with Crippen molar-refractivity contribution in [2.24, 2.45) is 0 Å². The second-order valence-corrected chi connectivity index (χ2v) is 7.43. The van der Waals surface area contributed by atoms with Crippen LogP contribution in [0, 0.1) is 0 Å². The normalized spacial score (nSPS) is 16.0. The van der Waals surface area contributed by atoms with Crippen LogP contribution in [0.1, 0.15) is 0 Å². The molecule has 0 spiro atoms. The number of halogens is 2. The molecule has 0 radical (unpaired) electrons. The molecule has 1 aliphatic rings. The highest BCUT2D eigenvalue weighted by Gasteiger charge is 2.18. The Morgan fingerprint density at radius 2 is 1.86 bits per heavy atom. The van der Waals surface area contributed by atoms with E-state index in [1.165, 1.54) is 6.07 Å². The first-order valence-electron chi connectivity index (χ1n) is 6.66. The number of aromatic nitrogens is 2. The Kier molecular flexibility index (Phi) is 4.52. The first-order chi connectivity index (χ1) is 10.5. The number of benzene rings is 1. The maximum Gasteiger partial charge on any atom is 0.151 e. The van der Waals surface area contributed by atoms with Crippen LogP contribution in [-0.2, 0) is 10.8 Å². The van der Waals surface area contributed by atoms with Crippen LogP contribution in [0.2, 0.25) is 10.0 Å². The molecule has 1 saturated heterocycles. The third-order valence-electron chi connectivity index (χ3n) is 3.44. The minimum Gasteiger partial charge on any atom is -0.507 e. The summed E-state index contributed by atoms with van der Waals surface area (Å²) in [6.45, 7) is 1.40. The zero-order valence-corrected chi connectivity index (χ0v) is 13.8. The number of aromatic hydroxyl groups is 1. The monoisotopic (exact) mass is 357 g/mol. The van der Waals surface area contributed by atoms with Crippen molar-refractivity contribution in [2.45, 2.75) is 0 Å². The number of phenols is 1. The molecule has 1 N–H and O–H groups in total. The number of phenolic OH excluding ortho intramolecular Hbond substituents is 1. The number of rotatable bonds is 2. The molecule has 116 valence electrons. The second-order valence-electron chi connectivity index (χ2n) is 4.89. The van der Waals surface area contributed by atoms with Gasteiger partial charge in [-0.3, -0.25) is 4.21 Å². The van der Waals surface area contributed by atoms with Crippen molar-refractivity contribution in [3.8, 4) is 17.0 Å². The van der Waals surface area contributed by atoms with Crippen LogP contribution in [0.4, 0.5) is 5.82 Å². The molecule has 22 heavy (non-hydrogen) atoms. The second kappa shape index (κ2) is 6.40. The van der Waals surface area contributed by atoms with E-state index in [9.17, 15) is 9.32 Å². The summed E-state index contributed by atoms with van der Waals surface area (Å²) in [6.07, 6.45) is 0. The molecule has 2 heterocycles. The number of anilines is 1. The van der Waals surface area contributed by atoms with Crippen molar-refractivity contribution in [3.05, 3.63) is 34.3 Å². The van der Waals surface area contributed by atoms with E-state index in [1.807, 2.05) is 11.0 Å². The molecule has 5 nitrogen and oxygen atoms in total. The molecule has 1 aromatic carbocycles. The third-order valence-corrected chi connectivity index (χ3v) is 5.23. The van der Waals surface area contributed by atoms with Crippen LogP contribution in [-0.4, -0.2) is 44.1 Å². The minimum absolute atomic E-state index is 0.0343. The van der Waals surface area contributed by atoms with Crippen LogP contribution < -0.4 is 4.90 Å². The average molecular weight is 358 g/mol. The molecular formula is C14H13Cl2N3O2S. The quantitative estimate of drug-likeness (QED) is 0.894. The first kappa shape index (κ1) is 15.5.